The molecule has 3 unspecified atom stereocenters. The van der Waals surface area contributed by atoms with Crippen LogP contribution in [-0.2, 0) is 17.3 Å². The highest BCUT2D eigenvalue weighted by Gasteiger charge is 2.26. The minimum atomic E-state index is -0.700. The van der Waals surface area contributed by atoms with Crippen LogP contribution in [0.2, 0.25) is 0 Å². The standard InChI is InChI=1S/C21H36N4OS.HI/c1-6-22-21(24-18-9-8-10-20(14-18)27(26)7-2)23-15-17-11-12-19(25(4)5)13-16(17)3;/h11-13,18,20H,6-10,14-15H2,1-5H3,(H2,22,23,24);1H. The number of anilines is 1. The normalized spacial score (nSPS) is 20.8. The molecule has 0 radical (unpaired) electrons. The largest absolute Gasteiger partial charge is 0.378 e. The Balaban J connectivity index is 0.00000392. The van der Waals surface area contributed by atoms with Gasteiger partial charge in [-0.25, -0.2) is 4.99 Å². The van der Waals surface area contributed by atoms with Crippen LogP contribution in [-0.4, -0.2) is 47.9 Å². The van der Waals surface area contributed by atoms with Crippen molar-refractivity contribution in [1.29, 1.82) is 0 Å². The van der Waals surface area contributed by atoms with Crippen molar-refractivity contribution in [3.63, 3.8) is 0 Å². The summed E-state index contributed by atoms with van der Waals surface area (Å²) in [6, 6.07) is 6.87. The molecule has 0 heterocycles. The van der Waals surface area contributed by atoms with Gasteiger partial charge in [-0.3, -0.25) is 4.21 Å². The molecule has 5 nitrogen and oxygen atoms in total. The van der Waals surface area contributed by atoms with Gasteiger partial charge in [-0.2, -0.15) is 0 Å². The maximum Gasteiger partial charge on any atom is 0.191 e. The van der Waals surface area contributed by atoms with E-state index in [1.807, 2.05) is 6.92 Å². The number of guanidine groups is 1. The minimum Gasteiger partial charge on any atom is -0.378 e. The molecule has 0 aliphatic heterocycles. The van der Waals surface area contributed by atoms with Gasteiger partial charge in [0, 0.05) is 54.2 Å². The van der Waals surface area contributed by atoms with E-state index in [9.17, 15) is 4.21 Å². The van der Waals surface area contributed by atoms with Crippen molar-refractivity contribution in [1.82, 2.24) is 10.6 Å². The number of nitrogens with one attached hydrogen (secondary N) is 2. The molecule has 1 aromatic carbocycles. The van der Waals surface area contributed by atoms with Gasteiger partial charge in [-0.1, -0.05) is 19.4 Å². The summed E-state index contributed by atoms with van der Waals surface area (Å²) in [5.74, 6) is 1.62. The maximum atomic E-state index is 12.2. The third kappa shape index (κ3) is 7.54. The molecule has 0 aromatic heterocycles. The van der Waals surface area contributed by atoms with Crippen LogP contribution >= 0.6 is 24.0 Å². The van der Waals surface area contributed by atoms with E-state index in [0.717, 1.165) is 43.9 Å². The number of rotatable bonds is 7. The van der Waals surface area contributed by atoms with Gasteiger partial charge in [0.1, 0.15) is 0 Å². The zero-order chi connectivity index (χ0) is 19.8. The van der Waals surface area contributed by atoms with Crippen molar-refractivity contribution in [2.75, 3.05) is 31.3 Å². The monoisotopic (exact) mass is 520 g/mol. The lowest BCUT2D eigenvalue weighted by atomic mass is 9.95. The van der Waals surface area contributed by atoms with E-state index in [2.05, 4.69) is 61.7 Å². The highest BCUT2D eigenvalue weighted by molar-refractivity contribution is 14.0. The fourth-order valence-electron chi connectivity index (χ4n) is 3.56. The summed E-state index contributed by atoms with van der Waals surface area (Å²) in [6.07, 6.45) is 4.32. The summed E-state index contributed by atoms with van der Waals surface area (Å²) < 4.78 is 12.2. The molecular formula is C21H37IN4OS. The molecule has 28 heavy (non-hydrogen) atoms. The number of hydrogen-bond donors (Lipinski definition) is 2. The van der Waals surface area contributed by atoms with Crippen molar-refractivity contribution < 1.29 is 4.21 Å². The van der Waals surface area contributed by atoms with E-state index in [0.29, 0.717) is 17.8 Å². The minimum absolute atomic E-state index is 0. The van der Waals surface area contributed by atoms with Gasteiger partial charge >= 0.3 is 0 Å². The van der Waals surface area contributed by atoms with Crippen LogP contribution in [0.3, 0.4) is 0 Å². The van der Waals surface area contributed by atoms with Crippen molar-refractivity contribution in [2.24, 2.45) is 4.99 Å². The predicted octanol–water partition coefficient (Wildman–Crippen LogP) is 3.81. The van der Waals surface area contributed by atoms with Crippen LogP contribution in [0.1, 0.15) is 50.7 Å². The lowest BCUT2D eigenvalue weighted by Gasteiger charge is -2.30. The second-order valence-corrected chi connectivity index (χ2v) is 9.51. The van der Waals surface area contributed by atoms with E-state index in [4.69, 9.17) is 4.99 Å². The Morgan fingerprint density at radius 1 is 1.29 bits per heavy atom. The molecule has 7 heteroatoms. The van der Waals surface area contributed by atoms with Gasteiger partial charge in [0.15, 0.2) is 5.96 Å². The fraction of sp³-hybridized carbons (Fsp3) is 0.667. The average molecular weight is 521 g/mol. The molecule has 0 bridgehead atoms. The Morgan fingerprint density at radius 3 is 2.64 bits per heavy atom. The lowest BCUT2D eigenvalue weighted by molar-refractivity contribution is 0.413. The van der Waals surface area contributed by atoms with Gasteiger partial charge in [0.05, 0.1) is 6.54 Å². The topological polar surface area (TPSA) is 56.7 Å². The average Bonchev–Trinajstić information content (AvgIpc) is 2.66. The molecule has 1 saturated carbocycles. The van der Waals surface area contributed by atoms with Gasteiger partial charge in [0.2, 0.25) is 0 Å². The van der Waals surface area contributed by atoms with E-state index < -0.39 is 10.8 Å². The number of benzene rings is 1. The molecule has 0 amide bonds. The molecule has 1 aromatic rings. The van der Waals surface area contributed by atoms with Crippen LogP contribution in [0.15, 0.2) is 23.2 Å². The van der Waals surface area contributed by atoms with Crippen molar-refractivity contribution >= 4 is 46.4 Å². The van der Waals surface area contributed by atoms with Gasteiger partial charge in [0.25, 0.3) is 0 Å². The quantitative estimate of drug-likeness (QED) is 0.326. The molecule has 2 rings (SSSR count). The first kappa shape index (κ1) is 25.2. The number of halogens is 1. The first-order chi connectivity index (χ1) is 12.9. The third-order valence-electron chi connectivity index (χ3n) is 5.22. The van der Waals surface area contributed by atoms with Crippen LogP contribution in [0.5, 0.6) is 0 Å². The Hall–Kier alpha value is -0.830. The Kier molecular flexibility index (Phi) is 11.4. The molecular weight excluding hydrogens is 483 g/mol. The van der Waals surface area contributed by atoms with Crippen molar-refractivity contribution in [2.45, 2.75) is 64.3 Å². The molecule has 160 valence electrons. The SMILES string of the molecule is CCNC(=NCc1ccc(N(C)C)cc1C)NC1CCCC(S(=O)CC)C1.I. The number of aryl methyl sites for hydroxylation is 1. The van der Waals surface area contributed by atoms with E-state index in [-0.39, 0.29) is 24.0 Å². The molecule has 1 aliphatic carbocycles. The highest BCUT2D eigenvalue weighted by Crippen LogP contribution is 2.23. The van der Waals surface area contributed by atoms with Crippen molar-refractivity contribution in [3.05, 3.63) is 29.3 Å². The third-order valence-corrected chi connectivity index (χ3v) is 6.96. The fourth-order valence-corrected chi connectivity index (χ4v) is 4.91. The number of hydrogen-bond acceptors (Lipinski definition) is 3. The zero-order valence-corrected chi connectivity index (χ0v) is 21.1. The molecule has 1 fully saturated rings. The van der Waals surface area contributed by atoms with Gasteiger partial charge in [-0.15, -0.1) is 24.0 Å². The number of nitrogens with zero attached hydrogens (tertiary/aromatic N) is 2. The maximum absolute atomic E-state index is 12.2. The number of aliphatic imine (C=N–C) groups is 1. The summed E-state index contributed by atoms with van der Waals surface area (Å²) in [5.41, 5.74) is 3.71. The van der Waals surface area contributed by atoms with Crippen LogP contribution in [0, 0.1) is 6.92 Å². The summed E-state index contributed by atoms with van der Waals surface area (Å²) in [7, 11) is 3.42. The summed E-state index contributed by atoms with van der Waals surface area (Å²) in [5, 5.41) is 7.27. The predicted molar refractivity (Wildman–Crippen MR) is 134 cm³/mol. The molecule has 0 spiro atoms. The van der Waals surface area contributed by atoms with E-state index in [1.54, 1.807) is 0 Å². The molecule has 2 N–H and O–H groups in total. The second kappa shape index (κ2) is 12.7. The molecule has 3 atom stereocenters. The smallest absolute Gasteiger partial charge is 0.191 e. The van der Waals surface area contributed by atoms with Crippen LogP contribution < -0.4 is 15.5 Å². The van der Waals surface area contributed by atoms with Gasteiger partial charge < -0.3 is 15.5 Å². The van der Waals surface area contributed by atoms with Crippen LogP contribution in [0.4, 0.5) is 5.69 Å². The second-order valence-electron chi connectivity index (χ2n) is 7.50. The highest BCUT2D eigenvalue weighted by atomic mass is 127. The lowest BCUT2D eigenvalue weighted by Crippen LogP contribution is -2.46. The Bertz CT molecular complexity index is 666. The Morgan fingerprint density at radius 2 is 2.04 bits per heavy atom. The first-order valence-electron chi connectivity index (χ1n) is 10.1. The van der Waals surface area contributed by atoms with Crippen molar-refractivity contribution in [3.8, 4) is 0 Å². The van der Waals surface area contributed by atoms with Gasteiger partial charge in [-0.05, 0) is 56.4 Å². The first-order valence-corrected chi connectivity index (χ1v) is 11.5. The zero-order valence-electron chi connectivity index (χ0n) is 18.0. The van der Waals surface area contributed by atoms with E-state index >= 15 is 0 Å². The summed E-state index contributed by atoms with van der Waals surface area (Å²) in [6.45, 7) is 7.74. The summed E-state index contributed by atoms with van der Waals surface area (Å²) in [4.78, 5) is 6.92. The molecule has 1 aliphatic rings. The Labute approximate surface area is 190 Å². The van der Waals surface area contributed by atoms with E-state index in [1.165, 1.54) is 16.8 Å². The molecule has 0 saturated heterocycles. The summed E-state index contributed by atoms with van der Waals surface area (Å²) >= 11 is 0. The van der Waals surface area contributed by atoms with Crippen LogP contribution in [0.25, 0.3) is 0 Å².